The van der Waals surface area contributed by atoms with Gasteiger partial charge in [-0.25, -0.2) is 4.99 Å². The Bertz CT molecular complexity index is 687. The van der Waals surface area contributed by atoms with E-state index in [-0.39, 0.29) is 24.0 Å². The van der Waals surface area contributed by atoms with Gasteiger partial charge in [0.15, 0.2) is 5.96 Å². The predicted molar refractivity (Wildman–Crippen MR) is 118 cm³/mol. The summed E-state index contributed by atoms with van der Waals surface area (Å²) < 4.78 is 6.00. The molecule has 1 aliphatic rings. The zero-order chi connectivity index (χ0) is 17.5. The fourth-order valence-corrected chi connectivity index (χ4v) is 3.34. The number of guanidine groups is 1. The Kier molecular flexibility index (Phi) is 8.86. The molecule has 2 heterocycles. The second-order valence-electron chi connectivity index (χ2n) is 6.05. The third kappa shape index (κ3) is 6.24. The second-order valence-corrected chi connectivity index (χ2v) is 6.97. The molecule has 8 heteroatoms. The molecule has 2 aromatic rings. The molecule has 26 heavy (non-hydrogen) atoms. The van der Waals surface area contributed by atoms with Crippen molar-refractivity contribution in [3.63, 3.8) is 0 Å². The lowest BCUT2D eigenvalue weighted by atomic mass is 10.2. The first-order valence-corrected chi connectivity index (χ1v) is 9.43. The summed E-state index contributed by atoms with van der Waals surface area (Å²) in [6, 6.07) is 10.2. The summed E-state index contributed by atoms with van der Waals surface area (Å²) in [4.78, 5) is 9.54. The number of hydrogen-bond acceptors (Lipinski definition) is 4. The molecule has 0 saturated carbocycles. The van der Waals surface area contributed by atoms with Gasteiger partial charge in [0.2, 0.25) is 0 Å². The number of halogens is 2. The summed E-state index contributed by atoms with van der Waals surface area (Å²) in [5.74, 6) is 0.989. The van der Waals surface area contributed by atoms with Crippen LogP contribution in [0.2, 0.25) is 0 Å². The summed E-state index contributed by atoms with van der Waals surface area (Å²) in [7, 11) is 0. The normalized spacial score (nSPS) is 15.6. The van der Waals surface area contributed by atoms with Gasteiger partial charge in [0.25, 0.3) is 0 Å². The number of aliphatic imine (C=N–C) groups is 1. The van der Waals surface area contributed by atoms with Gasteiger partial charge in [0, 0.05) is 49.8 Å². The molecule has 0 unspecified atom stereocenters. The number of hydrogen-bond donors (Lipinski definition) is 1. The van der Waals surface area contributed by atoms with E-state index in [0.29, 0.717) is 6.54 Å². The van der Waals surface area contributed by atoms with Gasteiger partial charge in [0.05, 0.1) is 12.2 Å². The van der Waals surface area contributed by atoms with E-state index < -0.39 is 0 Å². The Balaban J connectivity index is 0.00000243. The van der Waals surface area contributed by atoms with Gasteiger partial charge in [0.1, 0.15) is 6.26 Å². The monoisotopic (exact) mass is 533 g/mol. The standard InChI is InChI=1S/C18H24BrN5O.HI/c1-2-20-18(21-13-15-4-3-5-16(19)12-15)24-9-7-23(8-10-24)14-17-6-11-25-22-17;/h3-6,11-12H,2,7-10,13-14H2,1H3,(H,20,21);1H. The first-order valence-electron chi connectivity index (χ1n) is 8.64. The minimum Gasteiger partial charge on any atom is -0.364 e. The van der Waals surface area contributed by atoms with E-state index in [2.05, 4.69) is 55.3 Å². The van der Waals surface area contributed by atoms with Crippen LogP contribution in [0.1, 0.15) is 18.2 Å². The molecular formula is C18H25BrIN5O. The van der Waals surface area contributed by atoms with E-state index in [1.807, 2.05) is 18.2 Å². The predicted octanol–water partition coefficient (Wildman–Crippen LogP) is 3.34. The van der Waals surface area contributed by atoms with Crippen molar-refractivity contribution in [2.75, 3.05) is 32.7 Å². The van der Waals surface area contributed by atoms with Crippen LogP contribution in [-0.2, 0) is 13.1 Å². The van der Waals surface area contributed by atoms with Crippen molar-refractivity contribution in [3.05, 3.63) is 52.3 Å². The molecule has 0 amide bonds. The average molecular weight is 534 g/mol. The Morgan fingerprint density at radius 3 is 2.73 bits per heavy atom. The van der Waals surface area contributed by atoms with E-state index in [1.54, 1.807) is 6.26 Å². The zero-order valence-corrected chi connectivity index (χ0v) is 18.8. The number of aromatic nitrogens is 1. The minimum absolute atomic E-state index is 0. The summed E-state index contributed by atoms with van der Waals surface area (Å²) in [5.41, 5.74) is 2.19. The lowest BCUT2D eigenvalue weighted by molar-refractivity contribution is 0.169. The van der Waals surface area contributed by atoms with Crippen LogP contribution in [0.5, 0.6) is 0 Å². The van der Waals surface area contributed by atoms with Crippen molar-refractivity contribution >= 4 is 45.9 Å². The van der Waals surface area contributed by atoms with Gasteiger partial charge < -0.3 is 14.7 Å². The van der Waals surface area contributed by atoms with Gasteiger partial charge >= 0.3 is 0 Å². The Morgan fingerprint density at radius 1 is 1.27 bits per heavy atom. The molecule has 0 spiro atoms. The van der Waals surface area contributed by atoms with Crippen molar-refractivity contribution in [2.45, 2.75) is 20.0 Å². The maximum Gasteiger partial charge on any atom is 0.194 e. The highest BCUT2D eigenvalue weighted by atomic mass is 127. The van der Waals surface area contributed by atoms with Gasteiger partial charge in [-0.15, -0.1) is 24.0 Å². The molecule has 3 rings (SSSR count). The molecule has 142 valence electrons. The molecule has 0 radical (unpaired) electrons. The maximum absolute atomic E-state index is 4.91. The molecule has 1 aromatic heterocycles. The molecule has 1 aliphatic heterocycles. The maximum atomic E-state index is 4.91. The van der Waals surface area contributed by atoms with E-state index in [9.17, 15) is 0 Å². The number of piperazine rings is 1. The Morgan fingerprint density at radius 2 is 2.08 bits per heavy atom. The van der Waals surface area contributed by atoms with Crippen LogP contribution in [-0.4, -0.2) is 53.6 Å². The Hall–Kier alpha value is -1.13. The van der Waals surface area contributed by atoms with Crippen molar-refractivity contribution in [3.8, 4) is 0 Å². The summed E-state index contributed by atoms with van der Waals surface area (Å²) in [6.45, 7) is 8.41. The molecule has 0 atom stereocenters. The number of benzene rings is 1. The quantitative estimate of drug-likeness (QED) is 0.363. The molecule has 6 nitrogen and oxygen atoms in total. The van der Waals surface area contributed by atoms with Crippen LogP contribution >= 0.6 is 39.9 Å². The van der Waals surface area contributed by atoms with Crippen molar-refractivity contribution in [1.29, 1.82) is 0 Å². The van der Waals surface area contributed by atoms with E-state index in [0.717, 1.165) is 55.4 Å². The molecule has 0 aliphatic carbocycles. The fourth-order valence-electron chi connectivity index (χ4n) is 2.89. The smallest absolute Gasteiger partial charge is 0.194 e. The fraction of sp³-hybridized carbons (Fsp3) is 0.444. The van der Waals surface area contributed by atoms with Gasteiger partial charge in [-0.05, 0) is 24.6 Å². The number of rotatable bonds is 5. The first-order chi connectivity index (χ1) is 12.2. The van der Waals surface area contributed by atoms with Crippen LogP contribution in [0.25, 0.3) is 0 Å². The van der Waals surface area contributed by atoms with Crippen LogP contribution in [0.3, 0.4) is 0 Å². The van der Waals surface area contributed by atoms with Gasteiger partial charge in [-0.2, -0.15) is 0 Å². The third-order valence-electron chi connectivity index (χ3n) is 4.18. The van der Waals surface area contributed by atoms with Crippen molar-refractivity contribution < 1.29 is 4.52 Å². The molecule has 1 fully saturated rings. The highest BCUT2D eigenvalue weighted by Gasteiger charge is 2.20. The lowest BCUT2D eigenvalue weighted by Gasteiger charge is -2.36. The van der Waals surface area contributed by atoms with Crippen molar-refractivity contribution in [2.24, 2.45) is 4.99 Å². The lowest BCUT2D eigenvalue weighted by Crippen LogP contribution is -2.52. The summed E-state index contributed by atoms with van der Waals surface area (Å²) in [6.07, 6.45) is 1.63. The summed E-state index contributed by atoms with van der Waals surface area (Å²) >= 11 is 3.52. The van der Waals surface area contributed by atoms with E-state index in [4.69, 9.17) is 9.52 Å². The topological polar surface area (TPSA) is 56.9 Å². The first kappa shape index (κ1) is 21.2. The number of nitrogens with one attached hydrogen (secondary N) is 1. The summed E-state index contributed by atoms with van der Waals surface area (Å²) in [5, 5.41) is 7.41. The van der Waals surface area contributed by atoms with E-state index in [1.165, 1.54) is 5.56 Å². The molecular weight excluding hydrogens is 509 g/mol. The van der Waals surface area contributed by atoms with Crippen LogP contribution in [0, 0.1) is 0 Å². The van der Waals surface area contributed by atoms with E-state index >= 15 is 0 Å². The third-order valence-corrected chi connectivity index (χ3v) is 4.68. The van der Waals surface area contributed by atoms with Crippen LogP contribution in [0.4, 0.5) is 0 Å². The zero-order valence-electron chi connectivity index (χ0n) is 14.9. The average Bonchev–Trinajstić information content (AvgIpc) is 3.12. The highest BCUT2D eigenvalue weighted by molar-refractivity contribution is 14.0. The Labute approximate surface area is 180 Å². The molecule has 0 bridgehead atoms. The largest absolute Gasteiger partial charge is 0.364 e. The minimum atomic E-state index is 0. The van der Waals surface area contributed by atoms with Crippen molar-refractivity contribution in [1.82, 2.24) is 20.3 Å². The van der Waals surface area contributed by atoms with Crippen LogP contribution < -0.4 is 5.32 Å². The van der Waals surface area contributed by atoms with Gasteiger partial charge in [-0.1, -0.05) is 33.2 Å². The van der Waals surface area contributed by atoms with Crippen LogP contribution in [0.15, 0.2) is 50.6 Å². The SMILES string of the molecule is CCNC(=NCc1cccc(Br)c1)N1CCN(Cc2ccon2)CC1.I. The molecule has 1 aromatic carbocycles. The highest BCUT2D eigenvalue weighted by Crippen LogP contribution is 2.13. The molecule has 1 N–H and O–H groups in total. The number of nitrogens with zero attached hydrogens (tertiary/aromatic N) is 4. The second kappa shape index (κ2) is 10.9. The van der Waals surface area contributed by atoms with Gasteiger partial charge in [-0.3, -0.25) is 4.90 Å². The molecule has 1 saturated heterocycles.